The molecule has 25 heavy (non-hydrogen) atoms. The molecule has 2 bridgehead atoms. The van der Waals surface area contributed by atoms with Crippen LogP contribution in [-0.4, -0.2) is 63.4 Å². The van der Waals surface area contributed by atoms with Crippen molar-refractivity contribution in [3.63, 3.8) is 0 Å². The van der Waals surface area contributed by atoms with Gasteiger partial charge in [0.15, 0.2) is 0 Å². The van der Waals surface area contributed by atoms with Gasteiger partial charge in [-0.2, -0.15) is 0 Å². The van der Waals surface area contributed by atoms with Crippen molar-refractivity contribution in [2.75, 3.05) is 19.6 Å². The Morgan fingerprint density at radius 2 is 2.24 bits per heavy atom. The van der Waals surface area contributed by atoms with Crippen molar-refractivity contribution in [1.82, 2.24) is 30.5 Å². The van der Waals surface area contributed by atoms with Crippen molar-refractivity contribution < 1.29 is 9.59 Å². The van der Waals surface area contributed by atoms with E-state index >= 15 is 0 Å². The molecule has 8 nitrogen and oxygen atoms in total. The minimum absolute atomic E-state index is 0.00555. The second kappa shape index (κ2) is 7.11. The van der Waals surface area contributed by atoms with E-state index in [1.807, 2.05) is 11.1 Å². The third kappa shape index (κ3) is 3.27. The lowest BCUT2D eigenvalue weighted by atomic mass is 9.72. The molecule has 0 aromatic carbocycles. The summed E-state index contributed by atoms with van der Waals surface area (Å²) < 4.78 is 1.76. The second-order valence-corrected chi connectivity index (χ2v) is 7.43. The highest BCUT2D eigenvalue weighted by molar-refractivity contribution is 5.89. The highest BCUT2D eigenvalue weighted by Gasteiger charge is 2.50. The summed E-state index contributed by atoms with van der Waals surface area (Å²) in [5.41, 5.74) is 0. The Morgan fingerprint density at radius 3 is 3.08 bits per heavy atom. The van der Waals surface area contributed by atoms with Crippen LogP contribution in [0.1, 0.15) is 32.1 Å². The van der Waals surface area contributed by atoms with E-state index in [9.17, 15) is 9.59 Å². The Labute approximate surface area is 147 Å². The lowest BCUT2D eigenvalue weighted by molar-refractivity contribution is -0.157. The Bertz CT molecular complexity index is 619. The van der Waals surface area contributed by atoms with E-state index in [0.29, 0.717) is 18.9 Å². The first-order valence-electron chi connectivity index (χ1n) is 9.38. The molecule has 4 rings (SSSR count). The molecule has 0 radical (unpaired) electrons. The quantitative estimate of drug-likeness (QED) is 0.719. The van der Waals surface area contributed by atoms with Crippen LogP contribution in [0.5, 0.6) is 0 Å². The first-order chi connectivity index (χ1) is 12.2. The molecule has 1 aromatic heterocycles. The van der Waals surface area contributed by atoms with E-state index in [1.165, 1.54) is 0 Å². The van der Waals surface area contributed by atoms with Crippen LogP contribution in [0, 0.1) is 11.8 Å². The van der Waals surface area contributed by atoms with Gasteiger partial charge in [0.05, 0.1) is 6.20 Å². The summed E-state index contributed by atoms with van der Waals surface area (Å²) in [6, 6.07) is -0.0792. The number of amides is 2. The van der Waals surface area contributed by atoms with Crippen LogP contribution >= 0.6 is 0 Å². The molecule has 4 atom stereocenters. The molecule has 3 fully saturated rings. The number of piperidine rings is 3. The molecular formula is C17H26N6O2. The maximum absolute atomic E-state index is 12.9. The molecule has 8 heteroatoms. The standard InChI is InChI=1S/C17H26N6O2/c24-15-4-1-3-14-12-9-13(11-18-10-12)16(23(14)15)17(25)19-5-2-7-22-8-6-20-21-22/h6,8,12-14,16,18H,1-5,7,9-11H2,(H,19,25)/t12-,13+,14+,16-/m1/s1. The maximum atomic E-state index is 12.9. The van der Waals surface area contributed by atoms with Crippen LogP contribution in [-0.2, 0) is 16.1 Å². The first kappa shape index (κ1) is 16.5. The predicted octanol–water partition coefficient (Wildman–Crippen LogP) is -0.227. The van der Waals surface area contributed by atoms with Gasteiger partial charge in [0.25, 0.3) is 0 Å². The fraction of sp³-hybridized carbons (Fsp3) is 0.765. The Kier molecular flexibility index (Phi) is 4.70. The summed E-state index contributed by atoms with van der Waals surface area (Å²) in [7, 11) is 0. The minimum Gasteiger partial charge on any atom is -0.354 e. The third-order valence-electron chi connectivity index (χ3n) is 5.85. The number of nitrogens with one attached hydrogen (secondary N) is 2. The van der Waals surface area contributed by atoms with Crippen LogP contribution in [0.15, 0.2) is 12.4 Å². The van der Waals surface area contributed by atoms with Crippen LogP contribution in [0.25, 0.3) is 0 Å². The zero-order valence-corrected chi connectivity index (χ0v) is 14.4. The first-order valence-corrected chi connectivity index (χ1v) is 9.38. The number of hydrogen-bond donors (Lipinski definition) is 2. The molecule has 0 spiro atoms. The number of aryl methyl sites for hydroxylation is 1. The van der Waals surface area contributed by atoms with Gasteiger partial charge >= 0.3 is 0 Å². The van der Waals surface area contributed by atoms with Gasteiger partial charge < -0.3 is 15.5 Å². The number of aromatic nitrogens is 3. The fourth-order valence-corrected chi connectivity index (χ4v) is 4.76. The second-order valence-electron chi connectivity index (χ2n) is 7.43. The molecule has 3 aliphatic heterocycles. The summed E-state index contributed by atoms with van der Waals surface area (Å²) in [6.45, 7) is 3.11. The average Bonchev–Trinajstić information content (AvgIpc) is 3.13. The number of rotatable bonds is 5. The molecule has 3 saturated heterocycles. The molecule has 0 saturated carbocycles. The van der Waals surface area contributed by atoms with E-state index in [4.69, 9.17) is 0 Å². The largest absolute Gasteiger partial charge is 0.354 e. The minimum atomic E-state index is -0.312. The number of fused-ring (bicyclic) bond motifs is 4. The normalized spacial score (nSPS) is 31.5. The summed E-state index contributed by atoms with van der Waals surface area (Å²) >= 11 is 0. The monoisotopic (exact) mass is 346 g/mol. The fourth-order valence-electron chi connectivity index (χ4n) is 4.76. The summed E-state index contributed by atoms with van der Waals surface area (Å²) in [6.07, 6.45) is 7.87. The van der Waals surface area contributed by atoms with Crippen molar-refractivity contribution in [1.29, 1.82) is 0 Å². The van der Waals surface area contributed by atoms with E-state index in [2.05, 4.69) is 20.9 Å². The molecule has 2 amide bonds. The predicted molar refractivity (Wildman–Crippen MR) is 90.4 cm³/mol. The zero-order chi connectivity index (χ0) is 17.2. The molecule has 136 valence electrons. The highest BCUT2D eigenvalue weighted by Crippen LogP contribution is 2.39. The third-order valence-corrected chi connectivity index (χ3v) is 5.85. The molecule has 1 aromatic rings. The van der Waals surface area contributed by atoms with Crippen molar-refractivity contribution in [2.45, 2.75) is 50.7 Å². The highest BCUT2D eigenvalue weighted by atomic mass is 16.2. The van der Waals surface area contributed by atoms with Crippen LogP contribution in [0.4, 0.5) is 0 Å². The van der Waals surface area contributed by atoms with Gasteiger partial charge in [-0.1, -0.05) is 5.21 Å². The average molecular weight is 346 g/mol. The number of carbonyl (C=O) groups excluding carboxylic acids is 2. The van der Waals surface area contributed by atoms with Gasteiger partial charge in [-0.3, -0.25) is 14.3 Å². The van der Waals surface area contributed by atoms with E-state index in [-0.39, 0.29) is 29.8 Å². The van der Waals surface area contributed by atoms with Crippen molar-refractivity contribution in [2.24, 2.45) is 11.8 Å². The lowest BCUT2D eigenvalue weighted by Gasteiger charge is -2.53. The molecule has 3 aliphatic rings. The number of nitrogens with zero attached hydrogens (tertiary/aromatic N) is 4. The van der Waals surface area contributed by atoms with Crippen LogP contribution in [0.2, 0.25) is 0 Å². The van der Waals surface area contributed by atoms with Crippen LogP contribution < -0.4 is 10.6 Å². The number of hydrogen-bond acceptors (Lipinski definition) is 5. The smallest absolute Gasteiger partial charge is 0.243 e. The molecule has 0 unspecified atom stereocenters. The van der Waals surface area contributed by atoms with E-state index in [0.717, 1.165) is 45.3 Å². The van der Waals surface area contributed by atoms with Gasteiger partial charge in [0, 0.05) is 44.2 Å². The van der Waals surface area contributed by atoms with Gasteiger partial charge in [-0.25, -0.2) is 0 Å². The number of carbonyl (C=O) groups is 2. The van der Waals surface area contributed by atoms with Crippen molar-refractivity contribution >= 4 is 11.8 Å². The van der Waals surface area contributed by atoms with Crippen molar-refractivity contribution in [3.05, 3.63) is 12.4 Å². The van der Waals surface area contributed by atoms with E-state index < -0.39 is 0 Å². The van der Waals surface area contributed by atoms with E-state index in [1.54, 1.807) is 10.9 Å². The molecule has 4 heterocycles. The van der Waals surface area contributed by atoms with Crippen LogP contribution in [0.3, 0.4) is 0 Å². The molecular weight excluding hydrogens is 320 g/mol. The summed E-state index contributed by atoms with van der Waals surface area (Å²) in [5.74, 6) is 0.897. The zero-order valence-electron chi connectivity index (χ0n) is 14.4. The Hall–Kier alpha value is -1.96. The molecule has 0 aliphatic carbocycles. The van der Waals surface area contributed by atoms with Gasteiger partial charge in [0.2, 0.25) is 11.8 Å². The molecule has 2 N–H and O–H groups in total. The maximum Gasteiger partial charge on any atom is 0.243 e. The lowest BCUT2D eigenvalue weighted by Crippen LogP contribution is -2.68. The topological polar surface area (TPSA) is 92.1 Å². The van der Waals surface area contributed by atoms with Gasteiger partial charge in [0.1, 0.15) is 6.04 Å². The Morgan fingerprint density at radius 1 is 1.36 bits per heavy atom. The Balaban J connectivity index is 1.39. The van der Waals surface area contributed by atoms with Gasteiger partial charge in [-0.05, 0) is 38.1 Å². The summed E-state index contributed by atoms with van der Waals surface area (Å²) in [4.78, 5) is 27.4. The summed E-state index contributed by atoms with van der Waals surface area (Å²) in [5, 5.41) is 14.2. The van der Waals surface area contributed by atoms with Gasteiger partial charge in [-0.15, -0.1) is 5.10 Å². The van der Waals surface area contributed by atoms with Crippen molar-refractivity contribution in [3.8, 4) is 0 Å². The SMILES string of the molecule is O=C(NCCCn1ccnn1)[C@H]1[C@@H]2CNC[C@@H](C2)[C@@H]2CCCC(=O)N21.